The fourth-order valence-electron chi connectivity index (χ4n) is 1.89. The van der Waals surface area contributed by atoms with E-state index >= 15 is 0 Å². The van der Waals surface area contributed by atoms with Gasteiger partial charge >= 0.3 is 6.03 Å². The van der Waals surface area contributed by atoms with Crippen molar-refractivity contribution in [3.63, 3.8) is 0 Å². The van der Waals surface area contributed by atoms with E-state index in [0.717, 1.165) is 25.9 Å². The summed E-state index contributed by atoms with van der Waals surface area (Å²) in [5.74, 6) is 0. The predicted molar refractivity (Wildman–Crippen MR) is 74.5 cm³/mol. The van der Waals surface area contributed by atoms with Crippen molar-refractivity contribution in [1.82, 2.24) is 10.6 Å². The third kappa shape index (κ3) is 3.77. The summed E-state index contributed by atoms with van der Waals surface area (Å²) in [7, 11) is 0. The third-order valence-electron chi connectivity index (χ3n) is 2.85. The van der Waals surface area contributed by atoms with E-state index in [0.29, 0.717) is 15.7 Å². The lowest BCUT2D eigenvalue weighted by Gasteiger charge is -2.23. The molecule has 0 aliphatic carbocycles. The topological polar surface area (TPSA) is 53.2 Å². The second kappa shape index (κ2) is 6.27. The summed E-state index contributed by atoms with van der Waals surface area (Å²) in [6.07, 6.45) is 1.91. The lowest BCUT2D eigenvalue weighted by molar-refractivity contribution is 0.245. The molecular formula is C12H15Cl2N3O. The zero-order valence-corrected chi connectivity index (χ0v) is 11.3. The molecule has 0 atom stereocenters. The molecule has 1 saturated heterocycles. The van der Waals surface area contributed by atoms with Gasteiger partial charge in [0.25, 0.3) is 0 Å². The third-order valence-corrected chi connectivity index (χ3v) is 3.59. The Labute approximate surface area is 116 Å². The van der Waals surface area contributed by atoms with Gasteiger partial charge in [-0.3, -0.25) is 0 Å². The maximum atomic E-state index is 11.8. The monoisotopic (exact) mass is 287 g/mol. The second-order valence-corrected chi connectivity index (χ2v) is 5.07. The first-order valence-corrected chi connectivity index (χ1v) is 6.64. The normalized spacial score (nSPS) is 16.3. The van der Waals surface area contributed by atoms with E-state index in [1.807, 2.05) is 0 Å². The molecule has 2 amide bonds. The summed E-state index contributed by atoms with van der Waals surface area (Å²) in [6, 6.07) is 5.03. The van der Waals surface area contributed by atoms with Gasteiger partial charge in [0.1, 0.15) is 0 Å². The molecule has 0 radical (unpaired) electrons. The van der Waals surface area contributed by atoms with Gasteiger partial charge in [0.15, 0.2) is 0 Å². The number of amides is 2. The number of carbonyl (C=O) groups is 1. The van der Waals surface area contributed by atoms with Gasteiger partial charge in [-0.25, -0.2) is 4.79 Å². The summed E-state index contributed by atoms with van der Waals surface area (Å²) in [5, 5.41) is 9.83. The van der Waals surface area contributed by atoms with Crippen LogP contribution in [-0.2, 0) is 0 Å². The lowest BCUT2D eigenvalue weighted by Crippen LogP contribution is -2.44. The molecule has 0 unspecified atom stereocenters. The van der Waals surface area contributed by atoms with Gasteiger partial charge in [-0.05, 0) is 44.1 Å². The van der Waals surface area contributed by atoms with Crippen molar-refractivity contribution >= 4 is 34.9 Å². The molecule has 1 aliphatic rings. The van der Waals surface area contributed by atoms with Crippen molar-refractivity contribution in [1.29, 1.82) is 0 Å². The number of carbonyl (C=O) groups excluding carboxylic acids is 1. The Bertz CT molecular complexity index is 433. The molecule has 0 saturated carbocycles. The largest absolute Gasteiger partial charge is 0.335 e. The number of piperidine rings is 1. The van der Waals surface area contributed by atoms with Crippen LogP contribution in [0.5, 0.6) is 0 Å². The quantitative estimate of drug-likeness (QED) is 0.783. The van der Waals surface area contributed by atoms with E-state index in [1.165, 1.54) is 0 Å². The van der Waals surface area contributed by atoms with Crippen LogP contribution in [0.25, 0.3) is 0 Å². The molecule has 0 spiro atoms. The summed E-state index contributed by atoms with van der Waals surface area (Å²) in [5.41, 5.74) is 0.635. The predicted octanol–water partition coefficient (Wildman–Crippen LogP) is 2.87. The van der Waals surface area contributed by atoms with Gasteiger partial charge in [0.2, 0.25) is 0 Å². The number of nitrogens with one attached hydrogen (secondary N) is 3. The maximum absolute atomic E-state index is 11.8. The van der Waals surface area contributed by atoms with E-state index < -0.39 is 0 Å². The molecule has 1 fully saturated rings. The molecule has 0 aromatic heterocycles. The number of hydrogen-bond donors (Lipinski definition) is 3. The first kappa shape index (κ1) is 13.5. The van der Waals surface area contributed by atoms with Gasteiger partial charge < -0.3 is 16.0 Å². The summed E-state index contributed by atoms with van der Waals surface area (Å²) >= 11 is 11.7. The number of urea groups is 1. The highest BCUT2D eigenvalue weighted by Crippen LogP contribution is 2.24. The van der Waals surface area contributed by atoms with Gasteiger partial charge in [-0.1, -0.05) is 23.2 Å². The molecule has 1 heterocycles. The van der Waals surface area contributed by atoms with E-state index in [-0.39, 0.29) is 12.1 Å². The van der Waals surface area contributed by atoms with Crippen molar-refractivity contribution < 1.29 is 4.79 Å². The smallest absolute Gasteiger partial charge is 0.319 e. The van der Waals surface area contributed by atoms with Crippen LogP contribution < -0.4 is 16.0 Å². The average molecular weight is 288 g/mol. The lowest BCUT2D eigenvalue weighted by atomic mass is 10.1. The zero-order valence-electron chi connectivity index (χ0n) is 9.80. The fraction of sp³-hybridized carbons (Fsp3) is 0.417. The maximum Gasteiger partial charge on any atom is 0.319 e. The van der Waals surface area contributed by atoms with Gasteiger partial charge in [0.05, 0.1) is 10.0 Å². The number of halogens is 2. The molecule has 2 rings (SSSR count). The molecule has 0 bridgehead atoms. The Morgan fingerprint density at radius 2 is 1.94 bits per heavy atom. The van der Waals surface area contributed by atoms with Crippen LogP contribution in [0.3, 0.4) is 0 Å². The first-order chi connectivity index (χ1) is 8.65. The zero-order chi connectivity index (χ0) is 13.0. The molecule has 4 nitrogen and oxygen atoms in total. The van der Waals surface area contributed by atoms with Gasteiger partial charge in [-0.2, -0.15) is 0 Å². The Kier molecular flexibility index (Phi) is 4.69. The molecular weight excluding hydrogens is 273 g/mol. The Hall–Kier alpha value is -0.970. The highest BCUT2D eigenvalue weighted by Gasteiger charge is 2.15. The molecule has 6 heteroatoms. The molecule has 1 aromatic rings. The second-order valence-electron chi connectivity index (χ2n) is 4.25. The molecule has 1 aliphatic heterocycles. The SMILES string of the molecule is O=C(Nc1ccc(Cl)c(Cl)c1)NC1CCNCC1. The molecule has 98 valence electrons. The van der Waals surface area contributed by atoms with Crippen LogP contribution in [0.4, 0.5) is 10.5 Å². The van der Waals surface area contributed by atoms with Crippen molar-refractivity contribution in [2.45, 2.75) is 18.9 Å². The fourth-order valence-corrected chi connectivity index (χ4v) is 2.19. The molecule has 1 aromatic carbocycles. The minimum absolute atomic E-state index is 0.208. The highest BCUT2D eigenvalue weighted by molar-refractivity contribution is 6.42. The van der Waals surface area contributed by atoms with Crippen LogP contribution in [-0.4, -0.2) is 25.2 Å². The Morgan fingerprint density at radius 1 is 1.22 bits per heavy atom. The minimum atomic E-state index is -0.208. The number of anilines is 1. The van der Waals surface area contributed by atoms with Crippen LogP contribution in [0, 0.1) is 0 Å². The van der Waals surface area contributed by atoms with E-state index in [4.69, 9.17) is 23.2 Å². The number of rotatable bonds is 2. The van der Waals surface area contributed by atoms with Crippen molar-refractivity contribution in [3.05, 3.63) is 28.2 Å². The van der Waals surface area contributed by atoms with Crippen LogP contribution in [0.1, 0.15) is 12.8 Å². The first-order valence-electron chi connectivity index (χ1n) is 5.88. The molecule has 18 heavy (non-hydrogen) atoms. The van der Waals surface area contributed by atoms with E-state index in [9.17, 15) is 4.79 Å². The van der Waals surface area contributed by atoms with Crippen LogP contribution >= 0.6 is 23.2 Å². The van der Waals surface area contributed by atoms with Crippen molar-refractivity contribution in [2.75, 3.05) is 18.4 Å². The minimum Gasteiger partial charge on any atom is -0.335 e. The number of hydrogen-bond acceptors (Lipinski definition) is 2. The highest BCUT2D eigenvalue weighted by atomic mass is 35.5. The average Bonchev–Trinajstić information content (AvgIpc) is 2.35. The summed E-state index contributed by atoms with van der Waals surface area (Å²) in [6.45, 7) is 1.88. The summed E-state index contributed by atoms with van der Waals surface area (Å²) < 4.78 is 0. The van der Waals surface area contributed by atoms with Crippen molar-refractivity contribution in [2.24, 2.45) is 0 Å². The Morgan fingerprint density at radius 3 is 2.61 bits per heavy atom. The van der Waals surface area contributed by atoms with E-state index in [2.05, 4.69) is 16.0 Å². The summed E-state index contributed by atoms with van der Waals surface area (Å²) in [4.78, 5) is 11.8. The van der Waals surface area contributed by atoms with Crippen molar-refractivity contribution in [3.8, 4) is 0 Å². The number of benzene rings is 1. The van der Waals surface area contributed by atoms with E-state index in [1.54, 1.807) is 18.2 Å². The standard InChI is InChI=1S/C12H15Cl2N3O/c13-10-2-1-9(7-11(10)14)17-12(18)16-8-3-5-15-6-4-8/h1-2,7-8,15H,3-6H2,(H2,16,17,18). The Balaban J connectivity index is 1.88. The van der Waals surface area contributed by atoms with Crippen LogP contribution in [0.2, 0.25) is 10.0 Å². The van der Waals surface area contributed by atoms with Crippen LogP contribution in [0.15, 0.2) is 18.2 Å². The van der Waals surface area contributed by atoms with Gasteiger partial charge in [-0.15, -0.1) is 0 Å². The van der Waals surface area contributed by atoms with Gasteiger partial charge in [0, 0.05) is 11.7 Å². The molecule has 3 N–H and O–H groups in total.